The lowest BCUT2D eigenvalue weighted by atomic mass is 9.94. The molecule has 1 aliphatic rings. The lowest BCUT2D eigenvalue weighted by molar-refractivity contribution is 0.365. The molecule has 3 aromatic rings. The van der Waals surface area contributed by atoms with Crippen molar-refractivity contribution in [3.8, 4) is 17.6 Å². The van der Waals surface area contributed by atoms with Gasteiger partial charge in [0, 0.05) is 22.3 Å². The van der Waals surface area contributed by atoms with Gasteiger partial charge in [0.25, 0.3) is 0 Å². The van der Waals surface area contributed by atoms with Crippen LogP contribution in [0.25, 0.3) is 11.1 Å². The minimum Gasteiger partial charge on any atom is -0.488 e. The van der Waals surface area contributed by atoms with Crippen LogP contribution in [0.3, 0.4) is 0 Å². The Balaban J connectivity index is 1.85. The van der Waals surface area contributed by atoms with E-state index in [2.05, 4.69) is 65.9 Å². The van der Waals surface area contributed by atoms with Crippen molar-refractivity contribution < 1.29 is 4.74 Å². The predicted molar refractivity (Wildman–Crippen MR) is 101 cm³/mol. The van der Waals surface area contributed by atoms with Gasteiger partial charge in [-0.1, -0.05) is 41.7 Å². The van der Waals surface area contributed by atoms with E-state index in [1.54, 1.807) is 11.3 Å². The fourth-order valence-corrected chi connectivity index (χ4v) is 3.43. The van der Waals surface area contributed by atoms with Gasteiger partial charge in [0.15, 0.2) is 0 Å². The summed E-state index contributed by atoms with van der Waals surface area (Å²) in [7, 11) is 0. The van der Waals surface area contributed by atoms with E-state index in [9.17, 15) is 0 Å². The van der Waals surface area contributed by atoms with Gasteiger partial charge in [-0.25, -0.2) is 0 Å². The Kier molecular flexibility index (Phi) is 3.94. The lowest BCUT2D eigenvalue weighted by Crippen LogP contribution is -2.09. The van der Waals surface area contributed by atoms with Gasteiger partial charge in [-0.15, -0.1) is 0 Å². The minimum absolute atomic E-state index is 0.561. The van der Waals surface area contributed by atoms with Crippen LogP contribution in [0.15, 0.2) is 65.4 Å². The molecule has 4 rings (SSSR count). The average Bonchev–Trinajstić information content (AvgIpc) is 3.15. The van der Waals surface area contributed by atoms with E-state index in [4.69, 9.17) is 4.74 Å². The Hall–Kier alpha value is -2.76. The monoisotopic (exact) mass is 328 g/mol. The van der Waals surface area contributed by atoms with Crippen molar-refractivity contribution in [3.63, 3.8) is 0 Å². The first-order valence-electron chi connectivity index (χ1n) is 7.88. The van der Waals surface area contributed by atoms with Crippen LogP contribution in [0.1, 0.15) is 22.3 Å². The molecule has 0 aliphatic carbocycles. The topological polar surface area (TPSA) is 9.23 Å². The summed E-state index contributed by atoms with van der Waals surface area (Å²) in [5.41, 5.74) is 6.77. The van der Waals surface area contributed by atoms with Gasteiger partial charge < -0.3 is 4.74 Å². The number of ether oxygens (including phenoxy) is 1. The number of fused-ring (bicyclic) bond motifs is 1. The third-order valence-corrected chi connectivity index (χ3v) is 4.77. The summed E-state index contributed by atoms with van der Waals surface area (Å²) in [6.07, 6.45) is 0. The Labute approximate surface area is 146 Å². The summed E-state index contributed by atoms with van der Waals surface area (Å²) in [5, 5.41) is 4.24. The molecule has 2 heteroatoms. The molecule has 0 atom stereocenters. The molecule has 0 N–H and O–H groups in total. The van der Waals surface area contributed by atoms with Crippen molar-refractivity contribution in [3.05, 3.63) is 87.6 Å². The van der Waals surface area contributed by atoms with Crippen molar-refractivity contribution in [1.29, 1.82) is 0 Å². The van der Waals surface area contributed by atoms with E-state index in [0.717, 1.165) is 28.0 Å². The molecule has 0 fully saturated rings. The molecule has 0 spiro atoms. The van der Waals surface area contributed by atoms with Crippen LogP contribution < -0.4 is 4.74 Å². The second-order valence-corrected chi connectivity index (χ2v) is 6.55. The third kappa shape index (κ3) is 2.87. The minimum atomic E-state index is 0.561. The van der Waals surface area contributed by atoms with Gasteiger partial charge >= 0.3 is 0 Å². The van der Waals surface area contributed by atoms with E-state index in [-0.39, 0.29) is 0 Å². The number of allylic oxidation sites excluding steroid dienone is 1. The van der Waals surface area contributed by atoms with Crippen molar-refractivity contribution in [2.45, 2.75) is 6.92 Å². The fraction of sp³-hybridized carbons (Fsp3) is 0.0909. The zero-order valence-corrected chi connectivity index (χ0v) is 14.2. The third-order valence-electron chi connectivity index (χ3n) is 4.08. The maximum Gasteiger partial charge on any atom is 0.128 e. The highest BCUT2D eigenvalue weighted by atomic mass is 32.1. The van der Waals surface area contributed by atoms with E-state index < -0.39 is 0 Å². The number of rotatable bonds is 1. The highest BCUT2D eigenvalue weighted by Crippen LogP contribution is 2.37. The van der Waals surface area contributed by atoms with Crippen LogP contribution in [-0.4, -0.2) is 6.61 Å². The molecule has 1 aromatic heterocycles. The summed E-state index contributed by atoms with van der Waals surface area (Å²) in [6.45, 7) is 2.65. The van der Waals surface area contributed by atoms with Crippen LogP contribution in [0, 0.1) is 18.8 Å². The zero-order chi connectivity index (χ0) is 16.4. The first-order chi connectivity index (χ1) is 11.8. The summed E-state index contributed by atoms with van der Waals surface area (Å²) in [6, 6.07) is 18.6. The van der Waals surface area contributed by atoms with Crippen LogP contribution in [0.4, 0.5) is 0 Å². The molecule has 2 aromatic carbocycles. The maximum atomic E-state index is 5.94. The Bertz CT molecular complexity index is 951. The Morgan fingerprint density at radius 3 is 2.58 bits per heavy atom. The molecular weight excluding hydrogens is 312 g/mol. The maximum absolute atomic E-state index is 5.94. The number of thiophene rings is 1. The van der Waals surface area contributed by atoms with Crippen LogP contribution >= 0.6 is 11.3 Å². The number of benzene rings is 2. The molecule has 1 nitrogen and oxygen atoms in total. The largest absolute Gasteiger partial charge is 0.488 e. The first-order valence-corrected chi connectivity index (χ1v) is 8.82. The van der Waals surface area contributed by atoms with E-state index in [1.807, 2.05) is 18.2 Å². The molecule has 24 heavy (non-hydrogen) atoms. The van der Waals surface area contributed by atoms with Gasteiger partial charge in [0.05, 0.1) is 0 Å². The van der Waals surface area contributed by atoms with E-state index in [0.29, 0.717) is 6.61 Å². The number of aryl methyl sites for hydroxylation is 1. The van der Waals surface area contributed by atoms with Gasteiger partial charge in [-0.2, -0.15) is 11.3 Å². The molecule has 0 amide bonds. The molecule has 0 radical (unpaired) electrons. The standard InChI is InChI=1S/C22H16OS/c1-16-6-8-17(9-7-16)10-11-19-20-4-2-3-5-22(20)23-14-21(19)18-12-13-24-15-18/h2-9,12-13,15H,14H2,1H3. The first kappa shape index (κ1) is 14.8. The molecule has 0 saturated heterocycles. The summed E-state index contributed by atoms with van der Waals surface area (Å²) in [5.74, 6) is 7.63. The SMILES string of the molecule is Cc1ccc(C#CC2=C(c3ccsc3)COc3ccccc32)cc1. The Morgan fingerprint density at radius 2 is 1.79 bits per heavy atom. The normalized spacial score (nSPS) is 12.9. The van der Waals surface area contributed by atoms with E-state index >= 15 is 0 Å². The van der Waals surface area contributed by atoms with Crippen molar-refractivity contribution in [1.82, 2.24) is 0 Å². The molecule has 0 unspecified atom stereocenters. The van der Waals surface area contributed by atoms with Gasteiger partial charge in [0.1, 0.15) is 12.4 Å². The van der Waals surface area contributed by atoms with Crippen molar-refractivity contribution in [2.24, 2.45) is 0 Å². The Morgan fingerprint density at radius 1 is 0.958 bits per heavy atom. The van der Waals surface area contributed by atoms with Gasteiger partial charge in [0.2, 0.25) is 0 Å². The molecule has 2 heterocycles. The molecule has 1 aliphatic heterocycles. The molecule has 0 bridgehead atoms. The summed E-state index contributed by atoms with van der Waals surface area (Å²) < 4.78 is 5.94. The van der Waals surface area contributed by atoms with Crippen LogP contribution in [-0.2, 0) is 0 Å². The summed E-state index contributed by atoms with van der Waals surface area (Å²) >= 11 is 1.69. The molecule has 0 saturated carbocycles. The lowest BCUT2D eigenvalue weighted by Gasteiger charge is -2.21. The molecule has 116 valence electrons. The van der Waals surface area contributed by atoms with E-state index in [1.165, 1.54) is 11.1 Å². The van der Waals surface area contributed by atoms with Gasteiger partial charge in [-0.3, -0.25) is 0 Å². The highest BCUT2D eigenvalue weighted by molar-refractivity contribution is 7.08. The average molecular weight is 328 g/mol. The fourth-order valence-electron chi connectivity index (χ4n) is 2.76. The number of hydrogen-bond donors (Lipinski definition) is 0. The second kappa shape index (κ2) is 6.39. The highest BCUT2D eigenvalue weighted by Gasteiger charge is 2.20. The van der Waals surface area contributed by atoms with Crippen LogP contribution in [0.2, 0.25) is 0 Å². The second-order valence-electron chi connectivity index (χ2n) is 5.77. The smallest absolute Gasteiger partial charge is 0.128 e. The predicted octanol–water partition coefficient (Wildman–Crippen LogP) is 5.41. The van der Waals surface area contributed by atoms with Crippen molar-refractivity contribution >= 4 is 22.5 Å². The quantitative estimate of drug-likeness (QED) is 0.543. The summed E-state index contributed by atoms with van der Waals surface area (Å²) in [4.78, 5) is 0. The van der Waals surface area contributed by atoms with Crippen LogP contribution in [0.5, 0.6) is 5.75 Å². The van der Waals surface area contributed by atoms with Gasteiger partial charge in [-0.05, 0) is 53.6 Å². The molecular formula is C22H16OS. The van der Waals surface area contributed by atoms with Crippen molar-refractivity contribution in [2.75, 3.05) is 6.61 Å². The zero-order valence-electron chi connectivity index (χ0n) is 13.4. The number of hydrogen-bond acceptors (Lipinski definition) is 2. The number of para-hydroxylation sites is 1.